The van der Waals surface area contributed by atoms with E-state index < -0.39 is 31.7 Å². The van der Waals surface area contributed by atoms with Gasteiger partial charge in [-0.1, -0.05) is 146 Å². The molecule has 424 valence electrons. The zero-order chi connectivity index (χ0) is 55.4. The summed E-state index contributed by atoms with van der Waals surface area (Å²) in [5.74, 6) is 0. The normalized spacial score (nSPS) is 11.3. The van der Waals surface area contributed by atoms with Crippen molar-refractivity contribution < 1.29 is 45.2 Å². The van der Waals surface area contributed by atoms with Crippen LogP contribution in [-0.2, 0) is 20.4 Å². The van der Waals surface area contributed by atoms with E-state index in [4.69, 9.17) is 92.8 Å². The van der Waals surface area contributed by atoms with E-state index in [-0.39, 0.29) is 66.6 Å². The second-order valence-electron chi connectivity index (χ2n) is 16.2. The second-order valence-corrected chi connectivity index (χ2v) is 30.0. The molecule has 2 N–H and O–H groups in total. The fraction of sp³-hybridized carbons (Fsp3) is 0.0625. The maximum absolute atomic E-state index is 4.76. The molecule has 0 spiro atoms. The van der Waals surface area contributed by atoms with E-state index in [1.165, 1.54) is 53.6 Å². The Hall–Kier alpha value is -2.92. The molecular formula is C64H62Cl10N2P4Pd+4. The summed E-state index contributed by atoms with van der Waals surface area (Å²) in [7, 11) is -4.94. The molecule has 0 radical (unpaired) electrons. The fourth-order valence-electron chi connectivity index (χ4n) is 8.59. The Morgan fingerprint density at radius 1 is 0.247 bits per heavy atom. The zero-order valence-electron chi connectivity index (χ0n) is 43.6. The van der Waals surface area contributed by atoms with Crippen LogP contribution in [0.1, 0.15) is 0 Å². The molecule has 2 aliphatic rings. The van der Waals surface area contributed by atoms with Gasteiger partial charge in [0.15, 0.2) is 0 Å². The summed E-state index contributed by atoms with van der Waals surface area (Å²) in [6.07, 6.45) is 17.2. The van der Waals surface area contributed by atoms with Gasteiger partial charge in [-0.15, -0.1) is 92.8 Å². The van der Waals surface area contributed by atoms with E-state index in [9.17, 15) is 0 Å². The molecule has 0 saturated heterocycles. The first-order valence-corrected chi connectivity index (χ1v) is 34.8. The molecule has 8 aromatic carbocycles. The van der Waals surface area contributed by atoms with Crippen LogP contribution in [0.4, 0.5) is 0 Å². The van der Waals surface area contributed by atoms with Gasteiger partial charge in [0.1, 0.15) is 74.1 Å². The van der Waals surface area contributed by atoms with Crippen LogP contribution in [0.3, 0.4) is 0 Å². The molecule has 10 rings (SSSR count). The van der Waals surface area contributed by atoms with Crippen molar-refractivity contribution in [3.05, 3.63) is 313 Å². The number of alkyl halides is 8. The van der Waals surface area contributed by atoms with Crippen molar-refractivity contribution in [2.75, 3.05) is 21.4 Å². The number of hydrogen-bond donors (Lipinski definition) is 2. The minimum Gasteiger partial charge on any atom is -1.00 e. The summed E-state index contributed by atoms with van der Waals surface area (Å²) in [6, 6.07) is 88.8. The van der Waals surface area contributed by atoms with Crippen molar-refractivity contribution in [1.29, 1.82) is 0 Å². The van der Waals surface area contributed by atoms with Crippen molar-refractivity contribution in [3.8, 4) is 0 Å². The van der Waals surface area contributed by atoms with Crippen LogP contribution < -0.4 is 77.9 Å². The monoisotopic (exact) mass is 1440 g/mol. The van der Waals surface area contributed by atoms with Crippen LogP contribution in [-0.4, -0.2) is 21.4 Å². The third-order valence-electron chi connectivity index (χ3n) is 11.5. The summed E-state index contributed by atoms with van der Waals surface area (Å²) >= 11 is 38.1. The van der Waals surface area contributed by atoms with Gasteiger partial charge in [-0.3, -0.25) is 0 Å². The molecule has 2 heterocycles. The Morgan fingerprint density at radius 3 is 0.494 bits per heavy atom. The first kappa shape index (κ1) is 74.2. The first-order chi connectivity index (χ1) is 38.5. The van der Waals surface area contributed by atoms with Crippen LogP contribution in [0.15, 0.2) is 313 Å². The smallest absolute Gasteiger partial charge is 1.00 e. The summed E-state index contributed by atoms with van der Waals surface area (Å²) in [4.78, 5) is 0. The average molecular weight is 1440 g/mol. The number of benzene rings is 8. The molecule has 2 nitrogen and oxygen atoms in total. The van der Waals surface area contributed by atoms with Crippen LogP contribution >= 0.6 is 124 Å². The number of nitrogens with one attached hydrogen (secondary N) is 2. The van der Waals surface area contributed by atoms with Gasteiger partial charge in [0.25, 0.3) is 0 Å². The molecule has 0 amide bonds. The van der Waals surface area contributed by atoms with Gasteiger partial charge in [-0.25, -0.2) is 0 Å². The van der Waals surface area contributed by atoms with E-state index in [2.05, 4.69) is 302 Å². The average Bonchev–Trinajstić information content (AvgIpc) is 3.65. The number of halogens is 10. The minimum atomic E-state index is -1.24. The quantitative estimate of drug-likeness (QED) is 0.0724. The van der Waals surface area contributed by atoms with E-state index in [1.54, 1.807) is 10.1 Å². The number of allylic oxidation sites excluding steroid dienone is 6. The van der Waals surface area contributed by atoms with Crippen molar-refractivity contribution in [2.24, 2.45) is 0 Å². The van der Waals surface area contributed by atoms with E-state index in [0.717, 1.165) is 0 Å². The maximum atomic E-state index is 4.76. The summed E-state index contributed by atoms with van der Waals surface area (Å²) in [5, 5.41) is 21.8. The summed E-state index contributed by atoms with van der Waals surface area (Å²) in [6.45, 7) is 0. The van der Waals surface area contributed by atoms with Gasteiger partial charge < -0.3 is 35.4 Å². The fourth-order valence-corrected chi connectivity index (χ4v) is 23.7. The topological polar surface area (TPSA) is 24.1 Å². The van der Waals surface area contributed by atoms with Crippen molar-refractivity contribution >= 4 is 167 Å². The van der Waals surface area contributed by atoms with Gasteiger partial charge in [-0.2, -0.15) is 0 Å². The minimum absolute atomic E-state index is 0. The van der Waals surface area contributed by atoms with Gasteiger partial charge >= 0.3 is 20.4 Å². The molecule has 0 aliphatic carbocycles. The molecule has 2 aliphatic heterocycles. The third kappa shape index (κ3) is 24.5. The molecule has 0 aromatic heterocycles. The van der Waals surface area contributed by atoms with Gasteiger partial charge in [0.05, 0.1) is 32.5 Å². The van der Waals surface area contributed by atoms with E-state index in [0.29, 0.717) is 0 Å². The summed E-state index contributed by atoms with van der Waals surface area (Å²) in [5.41, 5.74) is 2.66. The van der Waals surface area contributed by atoms with Crippen molar-refractivity contribution in [1.82, 2.24) is 10.6 Å². The number of rotatable bonds is 12. The Kier molecular flexibility index (Phi) is 41.6. The van der Waals surface area contributed by atoms with Crippen molar-refractivity contribution in [3.63, 3.8) is 0 Å². The van der Waals surface area contributed by atoms with Crippen LogP contribution in [0, 0.1) is 0 Å². The Balaban J connectivity index is 0.000000449. The predicted octanol–water partition coefficient (Wildman–Crippen LogP) is 10.8. The Morgan fingerprint density at radius 2 is 0.370 bits per heavy atom. The second kappa shape index (κ2) is 45.4. The molecule has 8 aromatic rings. The molecular weight excluding hydrogens is 1380 g/mol. The summed E-state index contributed by atoms with van der Waals surface area (Å²) < 4.78 is 0. The number of hydrogen-bond acceptors (Lipinski definition) is 2. The number of dihydropyridines is 2. The molecule has 17 heteroatoms. The molecule has 0 fully saturated rings. The van der Waals surface area contributed by atoms with Gasteiger partial charge in [0, 0.05) is 24.8 Å². The zero-order valence-corrected chi connectivity index (χ0v) is 56.8. The molecule has 0 bridgehead atoms. The van der Waals surface area contributed by atoms with E-state index >= 15 is 0 Å². The van der Waals surface area contributed by atoms with Crippen LogP contribution in [0.2, 0.25) is 0 Å². The first-order valence-electron chi connectivity index (χ1n) is 24.6. The largest absolute Gasteiger partial charge is 2.00 e. The van der Waals surface area contributed by atoms with Gasteiger partial charge in [0.2, 0.25) is 10.1 Å². The Bertz CT molecular complexity index is 2500. The van der Waals surface area contributed by atoms with Crippen LogP contribution in [0.5, 0.6) is 0 Å². The molecule has 81 heavy (non-hydrogen) atoms. The van der Waals surface area contributed by atoms with Crippen molar-refractivity contribution in [2.45, 2.75) is 0 Å². The molecule has 0 saturated carbocycles. The van der Waals surface area contributed by atoms with E-state index in [1.807, 2.05) is 0 Å². The third-order valence-corrected chi connectivity index (χ3v) is 25.0. The predicted molar refractivity (Wildman–Crippen MR) is 365 cm³/mol. The van der Waals surface area contributed by atoms with Crippen LogP contribution in [0.25, 0.3) is 0 Å². The van der Waals surface area contributed by atoms with Gasteiger partial charge in [-0.05, 0) is 121 Å². The molecule has 0 atom stereocenters. The maximum Gasteiger partial charge on any atom is 2.00 e. The SMILES string of the molecule is C1=CC(=C([PH+](c2ccccc2)c2ccccc2)[PH+](c2ccccc2)c2ccccc2)C=CN1.C1=CC(=C([PH+](c2ccccc2)c2ccccc2)[PH+](c2ccccc2)c2ccccc2)C=CN1.ClCCl.ClCCl.ClCCl.ClCCl.[Cl-].[Cl-].[Pd+2]. The standard InChI is InChI=1S/2C30H25NP2.4CH2Cl2.2ClH.Pd/c2*1-5-13-26(14-6-1)32(27-15-7-2-8-16-27)30(25-21-23-31-24-22-25)33(28-17-9-3-10-18-28)29-19-11-4-12-20-29;4*2-1-3;;;/h2*1-24,31H;4*1H2;2*1H;/q;;;;;;;;+2/p+2. The Labute approximate surface area is 551 Å². The molecule has 0 unspecified atom stereocenters.